The van der Waals surface area contributed by atoms with Crippen molar-refractivity contribution in [3.8, 4) is 0 Å². The van der Waals surface area contributed by atoms with Gasteiger partial charge in [0.05, 0.1) is 6.61 Å². The summed E-state index contributed by atoms with van der Waals surface area (Å²) in [4.78, 5) is 12.2. The van der Waals surface area contributed by atoms with Crippen LogP contribution in [0.2, 0.25) is 0 Å². The molecule has 22 heavy (non-hydrogen) atoms. The number of unbranched alkanes of at least 4 members (excludes halogenated alkanes) is 5. The average molecular weight is 303 g/mol. The molecular formula is C19H29NO2. The van der Waals surface area contributed by atoms with Gasteiger partial charge in [-0.05, 0) is 18.4 Å². The van der Waals surface area contributed by atoms with Crippen LogP contribution in [0.15, 0.2) is 42.0 Å². The van der Waals surface area contributed by atoms with Gasteiger partial charge < -0.3 is 10.4 Å². The predicted molar refractivity (Wildman–Crippen MR) is 91.7 cm³/mol. The maximum atomic E-state index is 12.2. The van der Waals surface area contributed by atoms with Crippen LogP contribution >= 0.6 is 0 Å². The van der Waals surface area contributed by atoms with Crippen molar-refractivity contribution in [2.75, 3.05) is 13.2 Å². The van der Waals surface area contributed by atoms with E-state index in [1.807, 2.05) is 30.3 Å². The minimum Gasteiger partial charge on any atom is -0.395 e. The Morgan fingerprint density at radius 2 is 1.86 bits per heavy atom. The number of benzene rings is 1. The molecular weight excluding hydrogens is 274 g/mol. The van der Waals surface area contributed by atoms with Gasteiger partial charge in [-0.15, -0.1) is 0 Å². The topological polar surface area (TPSA) is 49.3 Å². The Labute approximate surface area is 134 Å². The molecule has 3 heteroatoms. The van der Waals surface area contributed by atoms with Crippen molar-refractivity contribution in [3.63, 3.8) is 0 Å². The van der Waals surface area contributed by atoms with E-state index in [0.29, 0.717) is 13.0 Å². The Bertz CT molecular complexity index is 440. The highest BCUT2D eigenvalue weighted by Crippen LogP contribution is 2.12. The van der Waals surface area contributed by atoms with Crippen molar-refractivity contribution in [1.82, 2.24) is 5.32 Å². The zero-order chi connectivity index (χ0) is 16.0. The Hall–Kier alpha value is -1.61. The first-order valence-corrected chi connectivity index (χ1v) is 8.40. The molecule has 122 valence electrons. The number of allylic oxidation sites excluding steroid dienone is 1. The van der Waals surface area contributed by atoms with Crippen LogP contribution in [0, 0.1) is 0 Å². The third kappa shape index (κ3) is 7.99. The first kappa shape index (κ1) is 18.4. The van der Waals surface area contributed by atoms with Gasteiger partial charge in [-0.2, -0.15) is 0 Å². The van der Waals surface area contributed by atoms with Crippen molar-refractivity contribution >= 4 is 5.91 Å². The van der Waals surface area contributed by atoms with Crippen LogP contribution < -0.4 is 5.32 Å². The molecule has 1 aromatic rings. The summed E-state index contributed by atoms with van der Waals surface area (Å²) in [6.45, 7) is 2.49. The van der Waals surface area contributed by atoms with E-state index in [4.69, 9.17) is 5.11 Å². The fourth-order valence-electron chi connectivity index (χ4n) is 2.37. The second-order valence-electron chi connectivity index (χ2n) is 5.57. The van der Waals surface area contributed by atoms with Gasteiger partial charge in [-0.25, -0.2) is 0 Å². The minimum atomic E-state index is -0.0635. The number of carbonyl (C=O) groups is 1. The van der Waals surface area contributed by atoms with Crippen molar-refractivity contribution < 1.29 is 9.90 Å². The van der Waals surface area contributed by atoms with Crippen molar-refractivity contribution in [3.05, 3.63) is 47.5 Å². The maximum Gasteiger partial charge on any atom is 0.247 e. The summed E-state index contributed by atoms with van der Waals surface area (Å²) in [5, 5.41) is 11.6. The second-order valence-corrected chi connectivity index (χ2v) is 5.57. The standard InChI is InChI=1S/C19H29NO2/c1-2-3-4-5-6-10-13-18(19(22)20-14-15-21)16-17-11-8-7-9-12-17/h7-9,11-13,21H,2-6,10,14-16H2,1H3,(H,20,22)/b18-13+. The van der Waals surface area contributed by atoms with Gasteiger partial charge in [0.1, 0.15) is 0 Å². The van der Waals surface area contributed by atoms with Crippen LogP contribution in [0.1, 0.15) is 51.0 Å². The molecule has 0 aromatic heterocycles. The Kier molecular flexibility index (Phi) is 10.0. The molecule has 0 saturated heterocycles. The van der Waals surface area contributed by atoms with Crippen LogP contribution in [-0.2, 0) is 11.2 Å². The molecule has 2 N–H and O–H groups in total. The molecule has 0 heterocycles. The van der Waals surface area contributed by atoms with Gasteiger partial charge in [0, 0.05) is 18.5 Å². The lowest BCUT2D eigenvalue weighted by Gasteiger charge is -2.09. The Morgan fingerprint density at radius 3 is 2.55 bits per heavy atom. The molecule has 3 nitrogen and oxygen atoms in total. The van der Waals surface area contributed by atoms with Gasteiger partial charge in [-0.3, -0.25) is 4.79 Å². The summed E-state index contributed by atoms with van der Waals surface area (Å²) in [6.07, 6.45) is 9.81. The summed E-state index contributed by atoms with van der Waals surface area (Å²) in [6, 6.07) is 10.0. The molecule has 1 aromatic carbocycles. The van der Waals surface area contributed by atoms with E-state index in [1.54, 1.807) is 0 Å². The predicted octanol–water partition coefficient (Wildman–Crippen LogP) is 3.62. The fourth-order valence-corrected chi connectivity index (χ4v) is 2.37. The zero-order valence-electron chi connectivity index (χ0n) is 13.7. The van der Waals surface area contributed by atoms with Crippen LogP contribution in [0.25, 0.3) is 0 Å². The van der Waals surface area contributed by atoms with Gasteiger partial charge >= 0.3 is 0 Å². The lowest BCUT2D eigenvalue weighted by atomic mass is 10.0. The van der Waals surface area contributed by atoms with E-state index in [-0.39, 0.29) is 12.5 Å². The van der Waals surface area contributed by atoms with Crippen LogP contribution in [-0.4, -0.2) is 24.2 Å². The number of nitrogens with one attached hydrogen (secondary N) is 1. The monoisotopic (exact) mass is 303 g/mol. The summed E-state index contributed by atoms with van der Waals surface area (Å²) in [7, 11) is 0. The van der Waals surface area contributed by atoms with Crippen molar-refractivity contribution in [2.24, 2.45) is 0 Å². The Morgan fingerprint density at radius 1 is 1.14 bits per heavy atom. The van der Waals surface area contributed by atoms with Gasteiger partial charge in [0.25, 0.3) is 0 Å². The van der Waals surface area contributed by atoms with Gasteiger partial charge in [0.15, 0.2) is 0 Å². The van der Waals surface area contributed by atoms with E-state index in [2.05, 4.69) is 18.3 Å². The number of amides is 1. The summed E-state index contributed by atoms with van der Waals surface area (Å²) in [5.74, 6) is -0.0635. The fraction of sp³-hybridized carbons (Fsp3) is 0.526. The lowest BCUT2D eigenvalue weighted by Crippen LogP contribution is -2.28. The lowest BCUT2D eigenvalue weighted by molar-refractivity contribution is -0.117. The van der Waals surface area contributed by atoms with Crippen LogP contribution in [0.3, 0.4) is 0 Å². The molecule has 0 radical (unpaired) electrons. The quantitative estimate of drug-likeness (QED) is 0.484. The van der Waals surface area contributed by atoms with Gasteiger partial charge in [0.2, 0.25) is 5.91 Å². The summed E-state index contributed by atoms with van der Waals surface area (Å²) < 4.78 is 0. The molecule has 0 saturated carbocycles. The highest BCUT2D eigenvalue weighted by Gasteiger charge is 2.09. The van der Waals surface area contributed by atoms with E-state index in [9.17, 15) is 4.79 Å². The van der Waals surface area contributed by atoms with Crippen molar-refractivity contribution in [2.45, 2.75) is 51.9 Å². The van der Waals surface area contributed by atoms with E-state index >= 15 is 0 Å². The minimum absolute atomic E-state index is 0.0264. The largest absolute Gasteiger partial charge is 0.395 e. The van der Waals surface area contributed by atoms with Crippen molar-refractivity contribution in [1.29, 1.82) is 0 Å². The molecule has 0 atom stereocenters. The maximum absolute atomic E-state index is 12.2. The first-order valence-electron chi connectivity index (χ1n) is 8.40. The number of aliphatic hydroxyl groups is 1. The average Bonchev–Trinajstić information content (AvgIpc) is 2.55. The normalized spacial score (nSPS) is 11.5. The molecule has 0 fully saturated rings. The smallest absolute Gasteiger partial charge is 0.247 e. The molecule has 0 aliphatic rings. The Balaban J connectivity index is 2.55. The highest BCUT2D eigenvalue weighted by molar-refractivity contribution is 5.93. The second kappa shape index (κ2) is 12.0. The van der Waals surface area contributed by atoms with E-state index in [1.165, 1.54) is 25.7 Å². The molecule has 0 aliphatic carbocycles. The number of aliphatic hydroxyl groups excluding tert-OH is 1. The first-order chi connectivity index (χ1) is 10.8. The van der Waals surface area contributed by atoms with Crippen LogP contribution in [0.5, 0.6) is 0 Å². The molecule has 1 amide bonds. The third-order valence-electron chi connectivity index (χ3n) is 3.62. The van der Waals surface area contributed by atoms with E-state index in [0.717, 1.165) is 24.0 Å². The number of carbonyl (C=O) groups excluding carboxylic acids is 1. The summed E-state index contributed by atoms with van der Waals surface area (Å²) >= 11 is 0. The highest BCUT2D eigenvalue weighted by atomic mass is 16.3. The number of rotatable bonds is 11. The third-order valence-corrected chi connectivity index (χ3v) is 3.62. The molecule has 0 bridgehead atoms. The van der Waals surface area contributed by atoms with Crippen LogP contribution in [0.4, 0.5) is 0 Å². The number of hydrogen-bond donors (Lipinski definition) is 2. The number of hydrogen-bond acceptors (Lipinski definition) is 2. The molecule has 0 aliphatic heterocycles. The summed E-state index contributed by atoms with van der Waals surface area (Å²) in [5.41, 5.74) is 1.94. The van der Waals surface area contributed by atoms with Gasteiger partial charge in [-0.1, -0.05) is 69.0 Å². The molecule has 1 rings (SSSR count). The SMILES string of the molecule is CCCCCCC/C=C(\Cc1ccccc1)C(=O)NCCO. The van der Waals surface area contributed by atoms with E-state index < -0.39 is 0 Å². The zero-order valence-corrected chi connectivity index (χ0v) is 13.7. The molecule has 0 spiro atoms. The molecule has 0 unspecified atom stereocenters.